The predicted molar refractivity (Wildman–Crippen MR) is 90.2 cm³/mol. The molecule has 0 radical (unpaired) electrons. The third kappa shape index (κ3) is 5.49. The molecule has 0 heterocycles. The van der Waals surface area contributed by atoms with Crippen LogP contribution in [0.3, 0.4) is 0 Å². The smallest absolute Gasteiger partial charge is 0.267 e. The van der Waals surface area contributed by atoms with E-state index in [0.29, 0.717) is 6.54 Å². The molecule has 0 aromatic heterocycles. The summed E-state index contributed by atoms with van der Waals surface area (Å²) in [6, 6.07) is 14.9. The van der Waals surface area contributed by atoms with Crippen LogP contribution in [0.1, 0.15) is 23.1 Å². The second-order valence-corrected chi connectivity index (χ2v) is 5.07. The fourth-order valence-corrected chi connectivity index (χ4v) is 2.23. The Morgan fingerprint density at radius 1 is 1.13 bits per heavy atom. The molecular weight excluding hydrogens is 296 g/mol. The van der Waals surface area contributed by atoms with Gasteiger partial charge in [-0.05, 0) is 29.7 Å². The topological polar surface area (TPSA) is 23.3 Å². The average Bonchev–Trinajstić information content (AvgIpc) is 2.58. The first-order chi connectivity index (χ1) is 11.2. The highest BCUT2D eigenvalue weighted by molar-refractivity contribution is 5.54. The minimum Gasteiger partial charge on any atom is -0.659 e. The number of ether oxygens (including phenoxy) is 1. The third-order valence-corrected chi connectivity index (χ3v) is 3.44. The molecule has 0 amide bonds. The maximum atomic E-state index is 12.9. The van der Waals surface area contributed by atoms with Crippen LogP contribution in [0, 0.1) is 0 Å². The van der Waals surface area contributed by atoms with E-state index in [1.807, 2.05) is 24.3 Å². The largest absolute Gasteiger partial charge is 0.659 e. The molecule has 2 aromatic carbocycles. The first-order valence-corrected chi connectivity index (χ1v) is 7.50. The number of methoxy groups -OCH3 is 1. The summed E-state index contributed by atoms with van der Waals surface area (Å²) in [5.41, 5.74) is 1.90. The van der Waals surface area contributed by atoms with E-state index in [-0.39, 0.29) is 11.3 Å². The molecule has 4 heteroatoms. The summed E-state index contributed by atoms with van der Waals surface area (Å²) < 4.78 is 30.8. The highest BCUT2D eigenvalue weighted by Crippen LogP contribution is 2.30. The van der Waals surface area contributed by atoms with Crippen LogP contribution >= 0.6 is 0 Å². The fraction of sp³-hybridized carbons (Fsp3) is 0.263. The summed E-state index contributed by atoms with van der Waals surface area (Å²) in [4.78, 5) is 0. The zero-order valence-electron chi connectivity index (χ0n) is 13.1. The van der Waals surface area contributed by atoms with E-state index >= 15 is 0 Å². The Labute approximate surface area is 135 Å². The number of nitrogens with zero attached hydrogens (tertiary/aromatic N) is 1. The lowest BCUT2D eigenvalue weighted by Crippen LogP contribution is -1.93. The van der Waals surface area contributed by atoms with Crippen LogP contribution in [0.4, 0.5) is 8.78 Å². The second-order valence-electron chi connectivity index (χ2n) is 5.07. The minimum absolute atomic E-state index is 0.0873. The highest BCUT2D eigenvalue weighted by atomic mass is 19.3. The minimum atomic E-state index is -2.55. The van der Waals surface area contributed by atoms with Gasteiger partial charge in [0.25, 0.3) is 6.43 Å². The van der Waals surface area contributed by atoms with Gasteiger partial charge in [-0.25, -0.2) is 8.78 Å². The van der Waals surface area contributed by atoms with Crippen LogP contribution in [-0.2, 0) is 6.42 Å². The SMILES string of the molecule is COc1ccc(C=CC[N-]CCc2ccccc2)cc1C(F)F. The van der Waals surface area contributed by atoms with Gasteiger partial charge in [0.2, 0.25) is 0 Å². The van der Waals surface area contributed by atoms with Gasteiger partial charge in [-0.15, -0.1) is 19.2 Å². The van der Waals surface area contributed by atoms with E-state index in [2.05, 4.69) is 17.4 Å². The second kappa shape index (κ2) is 9.06. The first kappa shape index (κ1) is 17.2. The summed E-state index contributed by atoms with van der Waals surface area (Å²) >= 11 is 0. The lowest BCUT2D eigenvalue weighted by atomic mass is 10.1. The van der Waals surface area contributed by atoms with Crippen molar-refractivity contribution in [1.82, 2.24) is 0 Å². The molecule has 0 unspecified atom stereocenters. The Bertz CT molecular complexity index is 627. The summed E-state index contributed by atoms with van der Waals surface area (Å²) in [6.07, 6.45) is 2.04. The van der Waals surface area contributed by atoms with E-state index in [1.54, 1.807) is 18.2 Å². The Morgan fingerprint density at radius 2 is 1.91 bits per heavy atom. The van der Waals surface area contributed by atoms with Crippen molar-refractivity contribution in [2.45, 2.75) is 12.8 Å². The Morgan fingerprint density at radius 3 is 2.61 bits per heavy atom. The van der Waals surface area contributed by atoms with Crippen molar-refractivity contribution in [3.8, 4) is 5.75 Å². The van der Waals surface area contributed by atoms with Crippen LogP contribution < -0.4 is 4.74 Å². The summed E-state index contributed by atoms with van der Waals surface area (Å²) in [6.45, 7) is 1.32. The lowest BCUT2D eigenvalue weighted by Gasteiger charge is -2.16. The normalized spacial score (nSPS) is 11.3. The van der Waals surface area contributed by atoms with Gasteiger partial charge in [0, 0.05) is 0 Å². The summed E-state index contributed by atoms with van der Waals surface area (Å²) in [7, 11) is 1.39. The molecule has 2 aromatic rings. The summed E-state index contributed by atoms with van der Waals surface area (Å²) in [5.74, 6) is 0.213. The molecule has 23 heavy (non-hydrogen) atoms. The molecule has 2 rings (SSSR count). The fourth-order valence-electron chi connectivity index (χ4n) is 2.23. The number of benzene rings is 2. The van der Waals surface area contributed by atoms with Gasteiger partial charge in [0.1, 0.15) is 5.75 Å². The molecule has 0 spiro atoms. The van der Waals surface area contributed by atoms with Crippen molar-refractivity contribution in [3.05, 3.63) is 76.6 Å². The Kier molecular flexibility index (Phi) is 6.76. The van der Waals surface area contributed by atoms with Crippen molar-refractivity contribution in [2.24, 2.45) is 0 Å². The molecule has 122 valence electrons. The zero-order chi connectivity index (χ0) is 16.5. The molecule has 0 aliphatic carbocycles. The van der Waals surface area contributed by atoms with Crippen molar-refractivity contribution in [1.29, 1.82) is 0 Å². The van der Waals surface area contributed by atoms with E-state index in [0.717, 1.165) is 18.5 Å². The van der Waals surface area contributed by atoms with E-state index in [1.165, 1.54) is 18.7 Å². The average molecular weight is 316 g/mol. The van der Waals surface area contributed by atoms with Crippen molar-refractivity contribution >= 4 is 6.08 Å². The highest BCUT2D eigenvalue weighted by Gasteiger charge is 2.13. The quantitative estimate of drug-likeness (QED) is 0.609. The van der Waals surface area contributed by atoms with Crippen LogP contribution in [-0.4, -0.2) is 20.2 Å². The Hall–Kier alpha value is -2.20. The van der Waals surface area contributed by atoms with Gasteiger partial charge in [0.15, 0.2) is 0 Å². The molecule has 0 aliphatic heterocycles. The zero-order valence-corrected chi connectivity index (χ0v) is 13.1. The molecular formula is C19H20F2NO-. The standard InChI is InChI=1S/C19H20F2NO/c1-23-18-10-9-16(14-17(18)19(20)21)8-5-12-22-13-11-15-6-3-2-4-7-15/h2-10,14,19H,11-13H2,1H3/q-1. The molecule has 0 aliphatic rings. The predicted octanol–water partition coefficient (Wildman–Crippen LogP) is 5.26. The Balaban J connectivity index is 1.80. The van der Waals surface area contributed by atoms with Gasteiger partial charge in [-0.3, -0.25) is 0 Å². The van der Waals surface area contributed by atoms with Crippen LogP contribution in [0.25, 0.3) is 11.4 Å². The van der Waals surface area contributed by atoms with Gasteiger partial charge in [0.05, 0.1) is 12.7 Å². The number of hydrogen-bond acceptors (Lipinski definition) is 1. The van der Waals surface area contributed by atoms with Gasteiger partial charge >= 0.3 is 0 Å². The number of alkyl halides is 2. The molecule has 2 nitrogen and oxygen atoms in total. The van der Waals surface area contributed by atoms with E-state index in [4.69, 9.17) is 4.74 Å². The van der Waals surface area contributed by atoms with E-state index < -0.39 is 6.43 Å². The molecule has 0 N–H and O–H groups in total. The molecule has 0 atom stereocenters. The lowest BCUT2D eigenvalue weighted by molar-refractivity contribution is 0.147. The maximum absolute atomic E-state index is 12.9. The van der Waals surface area contributed by atoms with Gasteiger partial charge < -0.3 is 10.1 Å². The van der Waals surface area contributed by atoms with Gasteiger partial charge in [-0.2, -0.15) is 0 Å². The molecule has 0 fully saturated rings. The van der Waals surface area contributed by atoms with Crippen molar-refractivity contribution in [3.63, 3.8) is 0 Å². The number of halogens is 2. The van der Waals surface area contributed by atoms with Crippen molar-refractivity contribution < 1.29 is 13.5 Å². The number of hydrogen-bond donors (Lipinski definition) is 0. The summed E-state index contributed by atoms with van der Waals surface area (Å²) in [5, 5.41) is 4.41. The maximum Gasteiger partial charge on any atom is 0.267 e. The van der Waals surface area contributed by atoms with Crippen molar-refractivity contribution in [2.75, 3.05) is 20.2 Å². The van der Waals surface area contributed by atoms with Crippen LogP contribution in [0.2, 0.25) is 0 Å². The number of rotatable bonds is 8. The molecule has 0 saturated carbocycles. The monoisotopic (exact) mass is 316 g/mol. The third-order valence-electron chi connectivity index (χ3n) is 3.44. The van der Waals surface area contributed by atoms with Crippen LogP contribution in [0.5, 0.6) is 5.75 Å². The molecule has 0 saturated heterocycles. The van der Waals surface area contributed by atoms with E-state index in [9.17, 15) is 8.78 Å². The van der Waals surface area contributed by atoms with Gasteiger partial charge in [-0.1, -0.05) is 42.5 Å². The molecule has 0 bridgehead atoms. The first-order valence-electron chi connectivity index (χ1n) is 7.50. The van der Waals surface area contributed by atoms with Crippen LogP contribution in [0.15, 0.2) is 54.6 Å².